The Kier molecular flexibility index (Phi) is 11.8. The van der Waals surface area contributed by atoms with E-state index in [0.717, 1.165) is 28.3 Å². The van der Waals surface area contributed by atoms with Crippen LogP contribution in [0, 0.1) is 6.92 Å². The van der Waals surface area contributed by atoms with Crippen molar-refractivity contribution in [1.29, 1.82) is 0 Å². The first-order valence-electron chi connectivity index (χ1n) is 14.1. The maximum Gasteiger partial charge on any atom is 0.264 e. The van der Waals surface area contributed by atoms with Gasteiger partial charge in [0.15, 0.2) is 0 Å². The Labute approximate surface area is 244 Å². The summed E-state index contributed by atoms with van der Waals surface area (Å²) in [7, 11) is -4.11. The maximum atomic E-state index is 14.1. The van der Waals surface area contributed by atoms with Crippen molar-refractivity contribution >= 4 is 27.5 Å². The minimum absolute atomic E-state index is 0.0659. The molecule has 0 aliphatic heterocycles. The molecule has 0 spiro atoms. The summed E-state index contributed by atoms with van der Waals surface area (Å²) in [5, 5.41) is 2.95. The van der Waals surface area contributed by atoms with E-state index in [0.29, 0.717) is 31.0 Å². The fourth-order valence-corrected chi connectivity index (χ4v) is 5.87. The monoisotopic (exact) mass is 579 g/mol. The van der Waals surface area contributed by atoms with Gasteiger partial charge in [-0.3, -0.25) is 13.9 Å². The van der Waals surface area contributed by atoms with Crippen molar-refractivity contribution < 1.29 is 22.7 Å². The Morgan fingerprint density at radius 3 is 2.15 bits per heavy atom. The number of benzene rings is 3. The van der Waals surface area contributed by atoms with E-state index >= 15 is 0 Å². The van der Waals surface area contributed by atoms with Crippen LogP contribution < -0.4 is 14.4 Å². The molecule has 8 nitrogen and oxygen atoms in total. The highest BCUT2D eigenvalue weighted by Crippen LogP contribution is 2.27. The zero-order valence-electron chi connectivity index (χ0n) is 24.4. The van der Waals surface area contributed by atoms with E-state index < -0.39 is 28.5 Å². The molecule has 0 radical (unpaired) electrons. The van der Waals surface area contributed by atoms with Crippen LogP contribution in [0.15, 0.2) is 83.8 Å². The number of nitrogens with zero attached hydrogens (tertiary/aromatic N) is 2. The van der Waals surface area contributed by atoms with Gasteiger partial charge in [0.1, 0.15) is 18.3 Å². The number of hydrogen-bond donors (Lipinski definition) is 1. The summed E-state index contributed by atoms with van der Waals surface area (Å²) < 4.78 is 34.4. The van der Waals surface area contributed by atoms with Gasteiger partial charge in [0.25, 0.3) is 10.0 Å². The molecule has 0 aliphatic carbocycles. The summed E-state index contributed by atoms with van der Waals surface area (Å²) in [5.41, 5.74) is 2.25. The molecule has 220 valence electrons. The molecule has 2 amide bonds. The number of amides is 2. The highest BCUT2D eigenvalue weighted by molar-refractivity contribution is 7.92. The summed E-state index contributed by atoms with van der Waals surface area (Å²) in [5.74, 6) is -0.133. The van der Waals surface area contributed by atoms with Crippen LogP contribution in [0.3, 0.4) is 0 Å². The molecule has 3 aromatic carbocycles. The second-order valence-electron chi connectivity index (χ2n) is 9.83. The predicted octanol–water partition coefficient (Wildman–Crippen LogP) is 5.31. The molecule has 0 bridgehead atoms. The number of aryl methyl sites for hydroxylation is 1. The molecule has 3 rings (SSSR count). The van der Waals surface area contributed by atoms with Crippen molar-refractivity contribution in [1.82, 2.24) is 10.2 Å². The van der Waals surface area contributed by atoms with E-state index in [2.05, 4.69) is 5.32 Å². The average molecular weight is 580 g/mol. The molecule has 1 unspecified atom stereocenters. The molecule has 1 N–H and O–H groups in total. The van der Waals surface area contributed by atoms with Crippen LogP contribution in [0.5, 0.6) is 5.75 Å². The molecule has 0 aliphatic rings. The smallest absolute Gasteiger partial charge is 0.264 e. The number of carbonyl (C=O) groups excluding carboxylic acids is 2. The van der Waals surface area contributed by atoms with E-state index in [1.165, 1.54) is 17.0 Å². The van der Waals surface area contributed by atoms with Crippen LogP contribution in [0.1, 0.15) is 51.2 Å². The Morgan fingerprint density at radius 2 is 1.56 bits per heavy atom. The minimum atomic E-state index is -4.11. The van der Waals surface area contributed by atoms with Gasteiger partial charge in [-0.1, -0.05) is 68.3 Å². The summed E-state index contributed by atoms with van der Waals surface area (Å²) >= 11 is 0. The number of anilines is 1. The van der Waals surface area contributed by atoms with Crippen LogP contribution in [-0.4, -0.2) is 50.9 Å². The number of nitrogens with one attached hydrogen (secondary N) is 1. The molecule has 0 saturated carbocycles. The largest absolute Gasteiger partial charge is 0.494 e. The first-order chi connectivity index (χ1) is 19.7. The molecule has 1 atom stereocenters. The SMILES string of the molecule is CCCCNC(=O)C(CC)N(Cc1ccc(C)cc1)C(=O)CN(c1ccc(OCC)cc1)S(=O)(=O)c1ccccc1. The number of unbranched alkanes of at least 4 members (excludes halogenated alkanes) is 1. The van der Waals surface area contributed by atoms with Gasteiger partial charge in [0, 0.05) is 13.1 Å². The normalized spacial score (nSPS) is 11.9. The van der Waals surface area contributed by atoms with Crippen LogP contribution in [0.4, 0.5) is 5.69 Å². The number of rotatable bonds is 15. The third kappa shape index (κ3) is 8.57. The molecular weight excluding hydrogens is 538 g/mol. The lowest BCUT2D eigenvalue weighted by atomic mass is 10.1. The Morgan fingerprint density at radius 1 is 0.902 bits per heavy atom. The van der Waals surface area contributed by atoms with Gasteiger partial charge < -0.3 is 15.0 Å². The van der Waals surface area contributed by atoms with E-state index in [-0.39, 0.29) is 17.3 Å². The van der Waals surface area contributed by atoms with E-state index in [1.54, 1.807) is 42.5 Å². The van der Waals surface area contributed by atoms with Gasteiger partial charge >= 0.3 is 0 Å². The molecule has 0 heterocycles. The minimum Gasteiger partial charge on any atom is -0.494 e. The van der Waals surface area contributed by atoms with E-state index in [1.807, 2.05) is 52.0 Å². The fourth-order valence-electron chi connectivity index (χ4n) is 4.44. The lowest BCUT2D eigenvalue weighted by Gasteiger charge is -2.33. The molecule has 3 aromatic rings. The van der Waals surface area contributed by atoms with E-state index in [4.69, 9.17) is 4.74 Å². The summed E-state index contributed by atoms with van der Waals surface area (Å²) in [4.78, 5) is 28.9. The third-order valence-electron chi connectivity index (χ3n) is 6.73. The van der Waals surface area contributed by atoms with Crippen LogP contribution in [0.25, 0.3) is 0 Å². The summed E-state index contributed by atoms with van der Waals surface area (Å²) in [6.45, 7) is 8.41. The van der Waals surface area contributed by atoms with Crippen molar-refractivity contribution in [3.8, 4) is 5.75 Å². The van der Waals surface area contributed by atoms with Gasteiger partial charge in [-0.2, -0.15) is 0 Å². The highest BCUT2D eigenvalue weighted by atomic mass is 32.2. The second kappa shape index (κ2) is 15.2. The zero-order chi connectivity index (χ0) is 29.8. The highest BCUT2D eigenvalue weighted by Gasteiger charge is 2.33. The number of ether oxygens (including phenoxy) is 1. The molecule has 0 aromatic heterocycles. The average Bonchev–Trinajstić information content (AvgIpc) is 2.98. The van der Waals surface area contributed by atoms with Crippen molar-refractivity contribution in [3.63, 3.8) is 0 Å². The van der Waals surface area contributed by atoms with Crippen molar-refractivity contribution in [2.24, 2.45) is 0 Å². The number of hydrogen-bond acceptors (Lipinski definition) is 5. The standard InChI is InChI=1S/C32H41N3O5S/c1-5-8-22-33-32(37)30(6-2)34(23-26-16-14-25(4)15-17-26)31(36)24-35(27-18-20-28(21-19-27)40-7-3)41(38,39)29-12-10-9-11-13-29/h9-21,30H,5-8,22-24H2,1-4H3,(H,33,37). The fraction of sp³-hybridized carbons (Fsp3) is 0.375. The van der Waals surface area contributed by atoms with Gasteiger partial charge in [0.2, 0.25) is 11.8 Å². The van der Waals surface area contributed by atoms with Crippen LogP contribution in [-0.2, 0) is 26.2 Å². The topological polar surface area (TPSA) is 96.0 Å². The lowest BCUT2D eigenvalue weighted by molar-refractivity contribution is -0.140. The molecule has 41 heavy (non-hydrogen) atoms. The molecule has 0 fully saturated rings. The van der Waals surface area contributed by atoms with Crippen molar-refractivity contribution in [2.45, 2.75) is 64.4 Å². The summed E-state index contributed by atoms with van der Waals surface area (Å²) in [6.07, 6.45) is 2.14. The van der Waals surface area contributed by atoms with Crippen molar-refractivity contribution in [3.05, 3.63) is 90.0 Å². The van der Waals surface area contributed by atoms with Gasteiger partial charge in [-0.25, -0.2) is 8.42 Å². The zero-order valence-corrected chi connectivity index (χ0v) is 25.2. The maximum absolute atomic E-state index is 14.1. The van der Waals surface area contributed by atoms with Crippen molar-refractivity contribution in [2.75, 3.05) is 24.0 Å². The van der Waals surface area contributed by atoms with Gasteiger partial charge in [-0.15, -0.1) is 0 Å². The molecular formula is C32H41N3O5S. The van der Waals surface area contributed by atoms with E-state index in [9.17, 15) is 18.0 Å². The quantitative estimate of drug-likeness (QED) is 0.246. The predicted molar refractivity (Wildman–Crippen MR) is 162 cm³/mol. The van der Waals surface area contributed by atoms with Crippen LogP contribution in [0.2, 0.25) is 0 Å². The molecule has 9 heteroatoms. The Bertz CT molecular complexity index is 1360. The second-order valence-corrected chi connectivity index (χ2v) is 11.7. The molecule has 0 saturated heterocycles. The van der Waals surface area contributed by atoms with Gasteiger partial charge in [0.05, 0.1) is 17.2 Å². The first kappa shape index (κ1) is 31.7. The van der Waals surface area contributed by atoms with Crippen LogP contribution >= 0.6 is 0 Å². The number of carbonyl (C=O) groups is 2. The Hall–Kier alpha value is -3.85. The Balaban J connectivity index is 2.02. The third-order valence-corrected chi connectivity index (χ3v) is 8.52. The lowest BCUT2D eigenvalue weighted by Crippen LogP contribution is -2.52. The van der Waals surface area contributed by atoms with Gasteiger partial charge in [-0.05, 0) is 68.7 Å². The first-order valence-corrected chi connectivity index (χ1v) is 15.6. The summed E-state index contributed by atoms with van der Waals surface area (Å²) in [6, 6.07) is 21.6. The number of sulfonamides is 1.